The zero-order valence-electron chi connectivity index (χ0n) is 61.1. The van der Waals surface area contributed by atoms with Crippen LogP contribution in [0.25, 0.3) is 0 Å². The van der Waals surface area contributed by atoms with Gasteiger partial charge >= 0.3 is 28.3 Å². The van der Waals surface area contributed by atoms with Crippen molar-refractivity contribution in [2.75, 3.05) is 27.8 Å². The fraction of sp³-hybridized carbons (Fsp3) is 0.764. The summed E-state index contributed by atoms with van der Waals surface area (Å²) in [6.07, 6.45) is 1.96. The van der Waals surface area contributed by atoms with Gasteiger partial charge in [0.25, 0.3) is 0 Å². The minimum Gasteiger partial charge on any atom is -0.476 e. The highest BCUT2D eigenvalue weighted by Gasteiger charge is 2.54. The first kappa shape index (κ1) is 87.0. The average Bonchev–Trinajstić information content (AvgIpc) is 0.777. The van der Waals surface area contributed by atoms with Gasteiger partial charge in [0.1, 0.15) is 29.3 Å². The van der Waals surface area contributed by atoms with Crippen molar-refractivity contribution in [1.82, 2.24) is 4.90 Å². The smallest absolute Gasteiger partial charge is 0.397 e. The number of ether oxygens (including phenoxy) is 9. The second kappa shape index (κ2) is 39.8. The normalized spacial score (nSPS) is 31.6. The molecule has 5 N–H and O–H groups in total. The Hall–Kier alpha value is -4.25. The molecular weight excluding hydrogens is 1300 g/mol. The Bertz CT molecular complexity index is 2840. The van der Waals surface area contributed by atoms with Gasteiger partial charge in [0.15, 0.2) is 30.1 Å². The maximum Gasteiger partial charge on any atom is 0.397 e. The monoisotopic (exact) mass is 1420 g/mol. The maximum atomic E-state index is 14.2. The van der Waals surface area contributed by atoms with E-state index in [0.29, 0.717) is 34.7 Å². The number of aliphatic hydroxyl groups is 4. The second-order valence-electron chi connectivity index (χ2n) is 28.1. The lowest BCUT2D eigenvalue weighted by molar-refractivity contribution is -0.319. The van der Waals surface area contributed by atoms with E-state index >= 15 is 0 Å². The van der Waals surface area contributed by atoms with Crippen LogP contribution < -0.4 is 4.74 Å². The van der Waals surface area contributed by atoms with Gasteiger partial charge in [-0.1, -0.05) is 111 Å². The molecule has 0 spiro atoms. The van der Waals surface area contributed by atoms with E-state index in [1.54, 1.807) is 125 Å². The molecule has 3 aliphatic heterocycles. The molecule has 3 saturated heterocycles. The van der Waals surface area contributed by atoms with Crippen molar-refractivity contribution in [2.45, 2.75) is 303 Å². The van der Waals surface area contributed by atoms with E-state index in [1.807, 2.05) is 25.9 Å². The molecule has 3 fully saturated rings. The highest BCUT2D eigenvalue weighted by atomic mass is 35.5. The standard InChI is InChI=1S/C40H71NO14.C20H21ClO4.C12H26O4S/c1-15-27-40(11,48)33(44)22(5)30(43)20(3)18-38(9,47)35(55-37-32(53-28(42)16-2)26(41(12)13)17-21(4)50-37)23(6)31(24(7)36(46)52-27)54-29-19-39(10,49-14)34(45)25(8)51-29;1-13(2)24-19(23)20(3,4)25-17-11-7-15(8-12-17)18(22)14-5-9-16(21)10-6-14;1-2-3-4-5-6-7-8-9-10-11-12-16-17(13,14)15/h20-27,29,31-35,37,44-45,47-48H,15-19H2,1-14H3;5-13H,1-4H3;2-12H2,1H3,(H,13,14,15). The number of halogens is 1. The van der Waals surface area contributed by atoms with Gasteiger partial charge in [-0.05, 0) is 158 Å². The number of likely N-dealkylation sites (N-methyl/N-ethyl adjacent to an activating group) is 1. The number of nitrogens with zero attached hydrogens (tertiary/aromatic N) is 1. The molecule has 0 aromatic heterocycles. The number of unbranched alkanes of at least 4 members (excludes halogenated alkanes) is 9. The summed E-state index contributed by atoms with van der Waals surface area (Å²) in [6.45, 7) is 27.2. The van der Waals surface area contributed by atoms with Crippen LogP contribution in [0.15, 0.2) is 48.5 Å². The van der Waals surface area contributed by atoms with Crippen LogP contribution in [0.1, 0.15) is 223 Å². The first-order valence-corrected chi connectivity index (χ1v) is 36.4. The average molecular weight is 1420 g/mol. The Morgan fingerprint density at radius 3 is 1.81 bits per heavy atom. The number of carbonyl (C=O) groups is 5. The predicted octanol–water partition coefficient (Wildman–Crippen LogP) is 11.2. The van der Waals surface area contributed by atoms with Crippen molar-refractivity contribution in [1.29, 1.82) is 0 Å². The van der Waals surface area contributed by atoms with Crippen molar-refractivity contribution in [3.63, 3.8) is 0 Å². The minimum absolute atomic E-state index is 0.0760. The molecule has 5 rings (SSSR count). The molecule has 0 bridgehead atoms. The van der Waals surface area contributed by atoms with Gasteiger partial charge in [-0.25, -0.2) is 8.98 Å². The summed E-state index contributed by atoms with van der Waals surface area (Å²) in [4.78, 5) is 67.4. The van der Waals surface area contributed by atoms with Gasteiger partial charge in [0.05, 0.1) is 66.4 Å². The van der Waals surface area contributed by atoms with Crippen LogP contribution in [0.2, 0.25) is 5.02 Å². The van der Waals surface area contributed by atoms with Crippen molar-refractivity contribution < 1.29 is 104 Å². The Kier molecular flexibility index (Phi) is 35.7. The summed E-state index contributed by atoms with van der Waals surface area (Å²) in [5, 5.41) is 47.1. The summed E-state index contributed by atoms with van der Waals surface area (Å²) in [5.41, 5.74) is -4.96. The molecule has 0 saturated carbocycles. The molecule has 3 aliphatic rings. The van der Waals surface area contributed by atoms with Gasteiger partial charge in [0, 0.05) is 53.9 Å². The maximum absolute atomic E-state index is 14.2. The zero-order valence-corrected chi connectivity index (χ0v) is 62.7. The molecule has 3 heterocycles. The van der Waals surface area contributed by atoms with E-state index in [2.05, 4.69) is 11.1 Å². The van der Waals surface area contributed by atoms with Crippen LogP contribution in [-0.4, -0.2) is 192 Å². The lowest BCUT2D eigenvalue weighted by Gasteiger charge is -2.49. The van der Waals surface area contributed by atoms with Crippen molar-refractivity contribution >= 4 is 51.5 Å². The molecule has 556 valence electrons. The first-order chi connectivity index (χ1) is 45.1. The number of carbonyl (C=O) groups excluding carboxylic acids is 5. The summed E-state index contributed by atoms with van der Waals surface area (Å²) in [7, 11) is 0.973. The van der Waals surface area contributed by atoms with Crippen molar-refractivity contribution in [2.24, 2.45) is 23.7 Å². The number of Topliss-reactive ketones (excluding diaryl/α,β-unsaturated/α-hetero) is 1. The van der Waals surface area contributed by atoms with E-state index in [9.17, 15) is 52.8 Å². The number of hydrogen-bond acceptors (Lipinski definition) is 22. The van der Waals surface area contributed by atoms with Gasteiger partial charge in [-0.3, -0.25) is 23.7 Å². The van der Waals surface area contributed by atoms with E-state index in [-0.39, 0.29) is 56.3 Å². The summed E-state index contributed by atoms with van der Waals surface area (Å²) in [6, 6.07) is 13.0. The molecule has 97 heavy (non-hydrogen) atoms. The van der Waals surface area contributed by atoms with E-state index < -0.39 is 135 Å². The van der Waals surface area contributed by atoms with Crippen LogP contribution in [0, 0.1) is 23.7 Å². The third-order valence-electron chi connectivity index (χ3n) is 18.5. The number of cyclic esters (lactones) is 1. The molecular formula is C72H118ClNO22S. The second-order valence-corrected chi connectivity index (χ2v) is 29.7. The van der Waals surface area contributed by atoms with Crippen LogP contribution >= 0.6 is 11.6 Å². The molecule has 0 amide bonds. The topological polar surface area (TPSA) is 316 Å². The van der Waals surface area contributed by atoms with Crippen molar-refractivity contribution in [3.05, 3.63) is 64.7 Å². The third kappa shape index (κ3) is 26.9. The highest BCUT2D eigenvalue weighted by molar-refractivity contribution is 7.80. The number of hydrogen-bond donors (Lipinski definition) is 5. The largest absolute Gasteiger partial charge is 0.476 e. The number of rotatable bonds is 27. The lowest BCUT2D eigenvalue weighted by Crippen LogP contribution is -2.61. The number of methoxy groups -OCH3 is 1. The van der Waals surface area contributed by atoms with Gasteiger partial charge in [-0.2, -0.15) is 8.42 Å². The van der Waals surface area contributed by atoms with Crippen LogP contribution in [0.3, 0.4) is 0 Å². The molecule has 23 nitrogen and oxygen atoms in total. The summed E-state index contributed by atoms with van der Waals surface area (Å²) in [5.74, 6) is -5.65. The van der Waals surface area contributed by atoms with Crippen molar-refractivity contribution in [3.8, 4) is 5.75 Å². The minimum atomic E-state index is -4.23. The number of esters is 3. The Labute approximate surface area is 582 Å². The van der Waals surface area contributed by atoms with Crippen LogP contribution in [-0.2, 0) is 71.7 Å². The summed E-state index contributed by atoms with van der Waals surface area (Å²) >= 11 is 5.84. The van der Waals surface area contributed by atoms with E-state index in [1.165, 1.54) is 72.8 Å². The SMILES string of the molecule is CC(C)OC(=O)C(C)(C)Oc1ccc(C(=O)c2ccc(Cl)cc2)cc1.CCC(=O)OC1C(OC2C(C)C(OC3CC(C)(OC)C(O)C(C)O3)C(C)C(=O)OC(CC)C(C)(O)C(O)C(C)C(=O)C(C)CC2(C)O)OC(C)CC1N(C)C.CCCCCCCCCCCCOS(=O)(=O)O. The van der Waals surface area contributed by atoms with E-state index in [0.717, 1.165) is 12.8 Å². The van der Waals surface area contributed by atoms with Crippen LogP contribution in [0.4, 0.5) is 0 Å². The Morgan fingerprint density at radius 1 is 0.763 bits per heavy atom. The van der Waals surface area contributed by atoms with E-state index in [4.69, 9.17) is 58.8 Å². The summed E-state index contributed by atoms with van der Waals surface area (Å²) < 4.78 is 87.5. The predicted molar refractivity (Wildman–Crippen MR) is 367 cm³/mol. The van der Waals surface area contributed by atoms with Gasteiger partial charge < -0.3 is 68.0 Å². The molecule has 2 aromatic carbocycles. The highest BCUT2D eigenvalue weighted by Crippen LogP contribution is 2.41. The fourth-order valence-electron chi connectivity index (χ4n) is 12.6. The molecule has 25 heteroatoms. The molecule has 2 aromatic rings. The van der Waals surface area contributed by atoms with Crippen LogP contribution in [0.5, 0.6) is 5.75 Å². The fourth-order valence-corrected chi connectivity index (χ4v) is 13.1. The molecule has 18 unspecified atom stereocenters. The molecule has 0 aliphatic carbocycles. The van der Waals surface area contributed by atoms with Gasteiger partial charge in [-0.15, -0.1) is 0 Å². The molecule has 0 radical (unpaired) electrons. The zero-order chi connectivity index (χ0) is 73.6. The quantitative estimate of drug-likeness (QED) is 0.0182. The Balaban J connectivity index is 0.000000475. The first-order valence-electron chi connectivity index (χ1n) is 34.6. The third-order valence-corrected chi connectivity index (χ3v) is 19.2. The Morgan fingerprint density at radius 2 is 1.31 bits per heavy atom. The number of aliphatic hydroxyl groups excluding tert-OH is 2. The molecule has 18 atom stereocenters. The number of ketones is 2. The number of benzene rings is 2. The lowest BCUT2D eigenvalue weighted by atomic mass is 9.74. The van der Waals surface area contributed by atoms with Gasteiger partial charge in [0.2, 0.25) is 0 Å².